The Bertz CT molecular complexity index is 654. The van der Waals surface area contributed by atoms with E-state index >= 15 is 0 Å². The first-order valence-electron chi connectivity index (χ1n) is 6.43. The van der Waals surface area contributed by atoms with Crippen LogP contribution in [0.4, 0.5) is 5.69 Å². The number of aromatic nitrogens is 1. The molecule has 2 aromatic rings. The summed E-state index contributed by atoms with van der Waals surface area (Å²) in [6.45, 7) is 3.87. The fourth-order valence-corrected chi connectivity index (χ4v) is 1.66. The van der Waals surface area contributed by atoms with E-state index in [1.165, 1.54) is 0 Å². The molecule has 0 unspecified atom stereocenters. The van der Waals surface area contributed by atoms with Gasteiger partial charge in [-0.05, 0) is 24.3 Å². The number of benzene rings is 1. The highest BCUT2D eigenvalue weighted by molar-refractivity contribution is 6.03. The zero-order valence-electron chi connectivity index (χ0n) is 11.4. The SMILES string of the molecule is C=CCNC(=O)c1cccc(C(=O)Nc2ccccc2)n1. The predicted molar refractivity (Wildman–Crippen MR) is 81.2 cm³/mol. The number of pyridine rings is 1. The van der Waals surface area contributed by atoms with E-state index in [1.807, 2.05) is 18.2 Å². The monoisotopic (exact) mass is 281 g/mol. The van der Waals surface area contributed by atoms with Gasteiger partial charge in [-0.25, -0.2) is 4.98 Å². The molecular formula is C16H15N3O2. The van der Waals surface area contributed by atoms with Gasteiger partial charge in [0.05, 0.1) is 0 Å². The third-order valence-corrected chi connectivity index (χ3v) is 2.65. The van der Waals surface area contributed by atoms with Gasteiger partial charge in [-0.3, -0.25) is 9.59 Å². The summed E-state index contributed by atoms with van der Waals surface area (Å²) in [4.78, 5) is 27.9. The van der Waals surface area contributed by atoms with Crippen LogP contribution in [0.15, 0.2) is 61.2 Å². The van der Waals surface area contributed by atoms with Crippen molar-refractivity contribution in [2.75, 3.05) is 11.9 Å². The lowest BCUT2D eigenvalue weighted by Gasteiger charge is -2.06. The molecule has 0 saturated carbocycles. The highest BCUT2D eigenvalue weighted by Gasteiger charge is 2.11. The number of nitrogens with one attached hydrogen (secondary N) is 2. The lowest BCUT2D eigenvalue weighted by molar-refractivity contribution is 0.0953. The molecule has 0 fully saturated rings. The van der Waals surface area contributed by atoms with Gasteiger partial charge in [-0.2, -0.15) is 0 Å². The maximum absolute atomic E-state index is 12.1. The van der Waals surface area contributed by atoms with Gasteiger partial charge in [0.1, 0.15) is 11.4 Å². The zero-order valence-corrected chi connectivity index (χ0v) is 11.4. The Morgan fingerprint density at radius 2 is 1.67 bits per heavy atom. The highest BCUT2D eigenvalue weighted by atomic mass is 16.2. The summed E-state index contributed by atoms with van der Waals surface area (Å²) >= 11 is 0. The first-order chi connectivity index (χ1) is 10.2. The van der Waals surface area contributed by atoms with E-state index in [0.29, 0.717) is 12.2 Å². The summed E-state index contributed by atoms with van der Waals surface area (Å²) in [5, 5.41) is 5.33. The molecule has 2 N–H and O–H groups in total. The van der Waals surface area contributed by atoms with Crippen LogP contribution in [0.1, 0.15) is 21.0 Å². The summed E-state index contributed by atoms with van der Waals surface area (Å²) in [7, 11) is 0. The van der Waals surface area contributed by atoms with Crippen LogP contribution in [-0.4, -0.2) is 23.3 Å². The smallest absolute Gasteiger partial charge is 0.274 e. The van der Waals surface area contributed by atoms with Gasteiger partial charge < -0.3 is 10.6 Å². The van der Waals surface area contributed by atoms with Crippen molar-refractivity contribution >= 4 is 17.5 Å². The Hall–Kier alpha value is -2.95. The summed E-state index contributed by atoms with van der Waals surface area (Å²) in [6, 6.07) is 13.8. The Balaban J connectivity index is 2.11. The number of carbonyl (C=O) groups excluding carboxylic acids is 2. The van der Waals surface area contributed by atoms with Crippen LogP contribution in [0.2, 0.25) is 0 Å². The van der Waals surface area contributed by atoms with Crippen LogP contribution >= 0.6 is 0 Å². The van der Waals surface area contributed by atoms with Gasteiger partial charge in [0.2, 0.25) is 0 Å². The van der Waals surface area contributed by atoms with E-state index in [4.69, 9.17) is 0 Å². The van der Waals surface area contributed by atoms with Gasteiger partial charge in [-0.15, -0.1) is 6.58 Å². The summed E-state index contributed by atoms with van der Waals surface area (Å²) in [5.41, 5.74) is 1.05. The second-order valence-corrected chi connectivity index (χ2v) is 4.23. The molecule has 5 heteroatoms. The van der Waals surface area contributed by atoms with Gasteiger partial charge in [0.15, 0.2) is 0 Å². The molecule has 0 saturated heterocycles. The lowest BCUT2D eigenvalue weighted by Crippen LogP contribution is -2.25. The van der Waals surface area contributed by atoms with E-state index in [0.717, 1.165) is 0 Å². The maximum atomic E-state index is 12.1. The largest absolute Gasteiger partial charge is 0.347 e. The summed E-state index contributed by atoms with van der Waals surface area (Å²) in [5.74, 6) is -0.705. The molecule has 0 aliphatic heterocycles. The number of amides is 2. The van der Waals surface area contributed by atoms with E-state index in [2.05, 4.69) is 22.2 Å². The minimum atomic E-state index is -0.362. The predicted octanol–water partition coefficient (Wildman–Crippen LogP) is 2.25. The molecule has 0 aliphatic rings. The second-order valence-electron chi connectivity index (χ2n) is 4.23. The minimum Gasteiger partial charge on any atom is -0.347 e. The van der Waals surface area contributed by atoms with Gasteiger partial charge in [0, 0.05) is 12.2 Å². The van der Waals surface area contributed by atoms with Crippen LogP contribution in [0.3, 0.4) is 0 Å². The highest BCUT2D eigenvalue weighted by Crippen LogP contribution is 2.08. The Labute approximate surface area is 122 Å². The fraction of sp³-hybridized carbons (Fsp3) is 0.0625. The molecule has 0 radical (unpaired) electrons. The standard InChI is InChI=1S/C16H15N3O2/c1-2-11-17-15(20)13-9-6-10-14(19-13)16(21)18-12-7-4-3-5-8-12/h2-10H,1,11H2,(H,17,20)(H,18,21). The van der Waals surface area contributed by atoms with E-state index in [1.54, 1.807) is 36.4 Å². The maximum Gasteiger partial charge on any atom is 0.274 e. The molecular weight excluding hydrogens is 266 g/mol. The van der Waals surface area contributed by atoms with E-state index < -0.39 is 0 Å². The summed E-state index contributed by atoms with van der Waals surface area (Å²) in [6.07, 6.45) is 1.57. The van der Waals surface area contributed by atoms with Gasteiger partial charge >= 0.3 is 0 Å². The van der Waals surface area contributed by atoms with Crippen LogP contribution in [0, 0.1) is 0 Å². The first kappa shape index (κ1) is 14.5. The van der Waals surface area contributed by atoms with Crippen molar-refractivity contribution in [1.82, 2.24) is 10.3 Å². The van der Waals surface area contributed by atoms with Crippen LogP contribution in [0.25, 0.3) is 0 Å². The average molecular weight is 281 g/mol. The minimum absolute atomic E-state index is 0.185. The van der Waals surface area contributed by atoms with E-state index in [-0.39, 0.29) is 23.2 Å². The third kappa shape index (κ3) is 4.01. The molecule has 1 aromatic heterocycles. The number of hydrogen-bond donors (Lipinski definition) is 2. The molecule has 1 aromatic carbocycles. The van der Waals surface area contributed by atoms with Crippen molar-refractivity contribution in [2.24, 2.45) is 0 Å². The van der Waals surface area contributed by atoms with Gasteiger partial charge in [0.25, 0.3) is 11.8 Å². The number of hydrogen-bond acceptors (Lipinski definition) is 3. The number of rotatable bonds is 5. The topological polar surface area (TPSA) is 71.1 Å². The molecule has 0 bridgehead atoms. The third-order valence-electron chi connectivity index (χ3n) is 2.65. The van der Waals surface area contributed by atoms with E-state index in [9.17, 15) is 9.59 Å². The summed E-state index contributed by atoms with van der Waals surface area (Å²) < 4.78 is 0. The van der Waals surface area contributed by atoms with Crippen molar-refractivity contribution in [3.63, 3.8) is 0 Å². The van der Waals surface area contributed by atoms with Crippen molar-refractivity contribution in [1.29, 1.82) is 0 Å². The molecule has 21 heavy (non-hydrogen) atoms. The average Bonchev–Trinajstić information content (AvgIpc) is 2.53. The number of para-hydroxylation sites is 1. The van der Waals surface area contributed by atoms with Gasteiger partial charge in [-0.1, -0.05) is 30.3 Å². The van der Waals surface area contributed by atoms with Crippen molar-refractivity contribution in [3.8, 4) is 0 Å². The molecule has 5 nitrogen and oxygen atoms in total. The van der Waals surface area contributed by atoms with Crippen molar-refractivity contribution in [2.45, 2.75) is 0 Å². The molecule has 0 atom stereocenters. The number of anilines is 1. The van der Waals surface area contributed by atoms with Crippen molar-refractivity contribution in [3.05, 3.63) is 72.6 Å². The molecule has 2 rings (SSSR count). The molecule has 106 valence electrons. The second kappa shape index (κ2) is 7.00. The Kier molecular flexibility index (Phi) is 4.82. The molecule has 2 amide bonds. The zero-order chi connectivity index (χ0) is 15.1. The fourth-order valence-electron chi connectivity index (χ4n) is 1.66. The number of carbonyl (C=O) groups is 2. The Morgan fingerprint density at radius 3 is 2.33 bits per heavy atom. The first-order valence-corrected chi connectivity index (χ1v) is 6.43. The van der Waals surface area contributed by atoms with Crippen molar-refractivity contribution < 1.29 is 9.59 Å². The quantitative estimate of drug-likeness (QED) is 0.826. The van der Waals surface area contributed by atoms with Crippen LogP contribution in [-0.2, 0) is 0 Å². The van der Waals surface area contributed by atoms with Crippen LogP contribution < -0.4 is 10.6 Å². The lowest BCUT2D eigenvalue weighted by atomic mass is 10.2. The normalized spacial score (nSPS) is 9.71. The number of nitrogens with zero attached hydrogens (tertiary/aromatic N) is 1. The molecule has 1 heterocycles. The Morgan fingerprint density at radius 1 is 1.00 bits per heavy atom. The molecule has 0 spiro atoms. The molecule has 0 aliphatic carbocycles. The van der Waals surface area contributed by atoms with Crippen LogP contribution in [0.5, 0.6) is 0 Å².